The van der Waals surface area contributed by atoms with Gasteiger partial charge in [0.05, 0.1) is 18.7 Å². The molecule has 0 aliphatic carbocycles. The molecule has 0 aliphatic heterocycles. The number of aromatic nitrogens is 2. The van der Waals surface area contributed by atoms with Gasteiger partial charge in [-0.1, -0.05) is 49.7 Å². The lowest BCUT2D eigenvalue weighted by molar-refractivity contribution is -0.142. The van der Waals surface area contributed by atoms with E-state index in [0.29, 0.717) is 34.8 Å². The summed E-state index contributed by atoms with van der Waals surface area (Å²) < 4.78 is 5.07. The Labute approximate surface area is 171 Å². The molecule has 1 atom stereocenters. The van der Waals surface area contributed by atoms with Crippen LogP contribution < -0.4 is 0 Å². The zero-order valence-electron chi connectivity index (χ0n) is 17.3. The number of carbonyl (C=O) groups is 1. The summed E-state index contributed by atoms with van der Waals surface area (Å²) in [5.74, 6) is -0.130. The number of nitrogens with zero attached hydrogens (tertiary/aromatic N) is 2. The van der Waals surface area contributed by atoms with Gasteiger partial charge in [-0.05, 0) is 38.0 Å². The molecule has 1 N–H and O–H groups in total. The first-order valence-corrected chi connectivity index (χ1v) is 9.78. The number of aryl methyl sites for hydroxylation is 2. The van der Waals surface area contributed by atoms with Gasteiger partial charge < -0.3 is 9.84 Å². The van der Waals surface area contributed by atoms with Crippen LogP contribution in [0.2, 0.25) is 0 Å². The highest BCUT2D eigenvalue weighted by Crippen LogP contribution is 2.38. The number of hydrogen-bond acceptors (Lipinski definition) is 5. The molecular formula is C24H26N2O3. The van der Waals surface area contributed by atoms with E-state index in [1.54, 1.807) is 6.07 Å². The fraction of sp³-hybridized carbons (Fsp3) is 0.292. The zero-order valence-corrected chi connectivity index (χ0v) is 17.3. The van der Waals surface area contributed by atoms with Crippen molar-refractivity contribution in [1.29, 1.82) is 0 Å². The van der Waals surface area contributed by atoms with E-state index in [-0.39, 0.29) is 11.7 Å². The van der Waals surface area contributed by atoms with Crippen molar-refractivity contribution >= 4 is 5.97 Å². The molecule has 1 heterocycles. The summed E-state index contributed by atoms with van der Waals surface area (Å²) in [5.41, 5.74) is 4.38. The fourth-order valence-electron chi connectivity index (χ4n) is 3.57. The van der Waals surface area contributed by atoms with E-state index in [1.165, 1.54) is 7.11 Å². The number of benzene rings is 2. The molecule has 0 radical (unpaired) electrons. The molecule has 0 bridgehead atoms. The Kier molecular flexibility index (Phi) is 6.27. The van der Waals surface area contributed by atoms with E-state index >= 15 is 0 Å². The quantitative estimate of drug-likeness (QED) is 0.587. The number of esters is 1. The second-order valence-corrected chi connectivity index (χ2v) is 7.15. The van der Waals surface area contributed by atoms with Gasteiger partial charge in [0.15, 0.2) is 5.82 Å². The number of hydrogen-bond donors (Lipinski definition) is 1. The monoisotopic (exact) mass is 390 g/mol. The van der Waals surface area contributed by atoms with Gasteiger partial charge in [-0.2, -0.15) is 0 Å². The molecule has 3 aromatic rings. The second kappa shape index (κ2) is 8.86. The number of rotatable bonds is 6. The van der Waals surface area contributed by atoms with Crippen LogP contribution in [0.3, 0.4) is 0 Å². The largest absolute Gasteiger partial charge is 0.507 e. The number of ether oxygens (including phenoxy) is 1. The van der Waals surface area contributed by atoms with Gasteiger partial charge in [0.25, 0.3) is 0 Å². The predicted octanol–water partition coefficient (Wildman–Crippen LogP) is 5.19. The van der Waals surface area contributed by atoms with Crippen LogP contribution in [0.4, 0.5) is 0 Å². The van der Waals surface area contributed by atoms with Gasteiger partial charge in [0.2, 0.25) is 0 Å². The van der Waals surface area contributed by atoms with Gasteiger partial charge in [-0.25, -0.2) is 9.97 Å². The minimum Gasteiger partial charge on any atom is -0.507 e. The van der Waals surface area contributed by atoms with Crippen molar-refractivity contribution in [2.24, 2.45) is 0 Å². The molecule has 0 aliphatic rings. The maximum Gasteiger partial charge on any atom is 0.313 e. The first-order chi connectivity index (χ1) is 14.0. The zero-order chi connectivity index (χ0) is 21.0. The first kappa shape index (κ1) is 20.5. The van der Waals surface area contributed by atoms with Crippen LogP contribution in [0.15, 0.2) is 48.5 Å². The van der Waals surface area contributed by atoms with E-state index in [9.17, 15) is 9.90 Å². The lowest BCUT2D eigenvalue weighted by Gasteiger charge is -2.21. The summed E-state index contributed by atoms with van der Waals surface area (Å²) in [6.07, 6.45) is 1.42. The van der Waals surface area contributed by atoms with E-state index in [4.69, 9.17) is 14.7 Å². The summed E-state index contributed by atoms with van der Waals surface area (Å²) in [5, 5.41) is 10.7. The fourth-order valence-corrected chi connectivity index (χ4v) is 3.57. The molecule has 0 saturated carbocycles. The lowest BCUT2D eigenvalue weighted by Crippen LogP contribution is -2.18. The Morgan fingerprint density at radius 1 is 1.10 bits per heavy atom. The van der Waals surface area contributed by atoms with Gasteiger partial charge in [0.1, 0.15) is 5.75 Å². The van der Waals surface area contributed by atoms with Crippen LogP contribution in [0, 0.1) is 13.8 Å². The van der Waals surface area contributed by atoms with E-state index < -0.39 is 5.92 Å². The van der Waals surface area contributed by atoms with Crippen molar-refractivity contribution in [3.63, 3.8) is 0 Å². The van der Waals surface area contributed by atoms with E-state index in [2.05, 4.69) is 0 Å². The molecule has 5 nitrogen and oxygen atoms in total. The normalized spacial score (nSPS) is 11.9. The standard InChI is InChI=1S/C24H26N2O3/c1-5-9-19(24(28)29-4)21-16(3)25-23(17-10-7-6-8-11-17)26-22(21)18-13-12-15(2)14-20(18)27/h6-8,10-14,19,27H,5,9H2,1-4H3. The maximum absolute atomic E-state index is 12.6. The molecule has 29 heavy (non-hydrogen) atoms. The van der Waals surface area contributed by atoms with Crippen LogP contribution in [-0.4, -0.2) is 28.2 Å². The Hall–Kier alpha value is -3.21. The predicted molar refractivity (Wildman–Crippen MR) is 114 cm³/mol. The molecule has 0 saturated heterocycles. The third-order valence-corrected chi connectivity index (χ3v) is 4.99. The summed E-state index contributed by atoms with van der Waals surface area (Å²) in [7, 11) is 1.39. The molecular weight excluding hydrogens is 364 g/mol. The third-order valence-electron chi connectivity index (χ3n) is 4.99. The van der Waals surface area contributed by atoms with Gasteiger partial charge in [0, 0.05) is 22.4 Å². The number of phenols is 1. The van der Waals surface area contributed by atoms with Crippen LogP contribution in [0.5, 0.6) is 5.75 Å². The number of carbonyl (C=O) groups excluding carboxylic acids is 1. The average molecular weight is 390 g/mol. The summed E-state index contributed by atoms with van der Waals surface area (Å²) in [6, 6.07) is 15.1. The van der Waals surface area contributed by atoms with Crippen LogP contribution in [0.1, 0.15) is 42.5 Å². The van der Waals surface area contributed by atoms with Crippen LogP contribution in [-0.2, 0) is 9.53 Å². The van der Waals surface area contributed by atoms with Crippen molar-refractivity contribution in [3.8, 4) is 28.4 Å². The van der Waals surface area contributed by atoms with E-state index in [0.717, 1.165) is 17.5 Å². The third kappa shape index (κ3) is 4.29. The minimum absolute atomic E-state index is 0.128. The highest BCUT2D eigenvalue weighted by molar-refractivity contribution is 5.83. The molecule has 1 unspecified atom stereocenters. The topological polar surface area (TPSA) is 72.3 Å². The maximum atomic E-state index is 12.6. The molecule has 0 fully saturated rings. The highest BCUT2D eigenvalue weighted by Gasteiger charge is 2.29. The first-order valence-electron chi connectivity index (χ1n) is 9.78. The second-order valence-electron chi connectivity index (χ2n) is 7.15. The van der Waals surface area contributed by atoms with Crippen molar-refractivity contribution < 1.29 is 14.6 Å². The molecule has 150 valence electrons. The minimum atomic E-state index is -0.495. The van der Waals surface area contributed by atoms with E-state index in [1.807, 2.05) is 63.2 Å². The molecule has 0 spiro atoms. The number of aromatic hydroxyl groups is 1. The van der Waals surface area contributed by atoms with Crippen molar-refractivity contribution in [1.82, 2.24) is 9.97 Å². The Morgan fingerprint density at radius 3 is 2.45 bits per heavy atom. The van der Waals surface area contributed by atoms with Gasteiger partial charge in [-0.3, -0.25) is 4.79 Å². The van der Waals surface area contributed by atoms with Gasteiger partial charge >= 0.3 is 5.97 Å². The SMILES string of the molecule is CCCC(C(=O)OC)c1c(C)nc(-c2ccccc2)nc1-c1ccc(C)cc1O. The molecule has 3 rings (SSSR count). The van der Waals surface area contributed by atoms with Crippen LogP contribution >= 0.6 is 0 Å². The Morgan fingerprint density at radius 2 is 1.83 bits per heavy atom. The number of phenolic OH excluding ortho intramolecular Hbond substituents is 1. The highest BCUT2D eigenvalue weighted by atomic mass is 16.5. The van der Waals surface area contributed by atoms with Crippen LogP contribution in [0.25, 0.3) is 22.6 Å². The Bertz CT molecular complexity index is 1020. The van der Waals surface area contributed by atoms with Crippen molar-refractivity contribution in [3.05, 3.63) is 65.4 Å². The number of methoxy groups -OCH3 is 1. The van der Waals surface area contributed by atoms with Crippen molar-refractivity contribution in [2.75, 3.05) is 7.11 Å². The molecule has 5 heteroatoms. The molecule has 1 aromatic heterocycles. The lowest BCUT2D eigenvalue weighted by atomic mass is 9.89. The summed E-state index contributed by atoms with van der Waals surface area (Å²) >= 11 is 0. The van der Waals surface area contributed by atoms with Gasteiger partial charge in [-0.15, -0.1) is 0 Å². The molecule has 2 aromatic carbocycles. The smallest absolute Gasteiger partial charge is 0.313 e. The molecule has 0 amide bonds. The average Bonchev–Trinajstić information content (AvgIpc) is 2.72. The summed E-state index contributed by atoms with van der Waals surface area (Å²) in [6.45, 7) is 5.82. The van der Waals surface area contributed by atoms with Crippen molar-refractivity contribution in [2.45, 2.75) is 39.5 Å². The summed E-state index contributed by atoms with van der Waals surface area (Å²) in [4.78, 5) is 22.1. The Balaban J connectivity index is 2.30.